The highest BCUT2D eigenvalue weighted by atomic mass is 35.5. The minimum Gasteiger partial charge on any atom is -0.310 e. The number of nitrogens with zero attached hydrogens (tertiary/aromatic N) is 4. The fourth-order valence-electron chi connectivity index (χ4n) is 3.28. The summed E-state index contributed by atoms with van der Waals surface area (Å²) in [6.07, 6.45) is 4.86. The minimum absolute atomic E-state index is 0.494. The van der Waals surface area contributed by atoms with Gasteiger partial charge in [0.2, 0.25) is 0 Å². The topological polar surface area (TPSA) is 35.6 Å². The summed E-state index contributed by atoms with van der Waals surface area (Å²) in [5.41, 5.74) is 3.26. The molecule has 3 rings (SSSR count). The molecule has 0 radical (unpaired) electrons. The second kappa shape index (κ2) is 5.40. The summed E-state index contributed by atoms with van der Waals surface area (Å²) in [5, 5.41) is 4.62. The van der Waals surface area contributed by atoms with E-state index >= 15 is 0 Å². The lowest BCUT2D eigenvalue weighted by Gasteiger charge is -2.33. The highest BCUT2D eigenvalue weighted by molar-refractivity contribution is 6.17. The Hall–Kier alpha value is -1.03. The van der Waals surface area contributed by atoms with Crippen molar-refractivity contribution in [1.29, 1.82) is 0 Å². The highest BCUT2D eigenvalue weighted by Crippen LogP contribution is 2.38. The molecule has 1 atom stereocenters. The average Bonchev–Trinajstić information content (AvgIpc) is 2.86. The highest BCUT2D eigenvalue weighted by Gasteiger charge is 2.29. The van der Waals surface area contributed by atoms with Crippen molar-refractivity contribution in [3.63, 3.8) is 0 Å². The molecule has 1 unspecified atom stereocenters. The number of rotatable bonds is 5. The summed E-state index contributed by atoms with van der Waals surface area (Å²) in [6, 6.07) is 0.494. The van der Waals surface area contributed by atoms with E-state index < -0.39 is 0 Å². The standard InChI is InChI=1S/C15H23ClN4/c1-4-19-15-14(10(2)18-19)17-13(8-9-16)20(15)11(3)12-6-5-7-12/h11-12H,4-9H2,1-3H3. The molecule has 0 saturated heterocycles. The number of hydrogen-bond donors (Lipinski definition) is 0. The Labute approximate surface area is 125 Å². The Bertz CT molecular complexity index is 609. The van der Waals surface area contributed by atoms with Gasteiger partial charge < -0.3 is 4.57 Å². The van der Waals surface area contributed by atoms with Crippen molar-refractivity contribution in [2.45, 2.75) is 59.0 Å². The summed E-state index contributed by atoms with van der Waals surface area (Å²) in [5.74, 6) is 2.52. The summed E-state index contributed by atoms with van der Waals surface area (Å²) in [6.45, 7) is 7.39. The van der Waals surface area contributed by atoms with E-state index in [9.17, 15) is 0 Å². The van der Waals surface area contributed by atoms with Gasteiger partial charge in [-0.25, -0.2) is 9.67 Å². The van der Waals surface area contributed by atoms with Crippen LogP contribution in [0.25, 0.3) is 11.2 Å². The maximum Gasteiger partial charge on any atom is 0.159 e. The van der Waals surface area contributed by atoms with Crippen LogP contribution in [0.1, 0.15) is 50.7 Å². The van der Waals surface area contributed by atoms with Crippen LogP contribution in [0, 0.1) is 12.8 Å². The third-order valence-corrected chi connectivity index (χ3v) is 4.86. The summed E-state index contributed by atoms with van der Waals surface area (Å²) >= 11 is 5.97. The third kappa shape index (κ3) is 2.05. The molecule has 1 aliphatic carbocycles. The number of aryl methyl sites for hydroxylation is 3. The average molecular weight is 295 g/mol. The van der Waals surface area contributed by atoms with Crippen molar-refractivity contribution in [1.82, 2.24) is 19.3 Å². The van der Waals surface area contributed by atoms with E-state index in [-0.39, 0.29) is 0 Å². The molecule has 2 aromatic heterocycles. The van der Waals surface area contributed by atoms with Gasteiger partial charge >= 0.3 is 0 Å². The number of imidazole rings is 1. The molecule has 20 heavy (non-hydrogen) atoms. The van der Waals surface area contributed by atoms with Crippen LogP contribution in [-0.2, 0) is 13.0 Å². The third-order valence-electron chi connectivity index (χ3n) is 4.67. The predicted octanol–water partition coefficient (Wildman–Crippen LogP) is 3.70. The van der Waals surface area contributed by atoms with Gasteiger partial charge in [0, 0.05) is 24.9 Å². The van der Waals surface area contributed by atoms with Crippen molar-refractivity contribution in [3.05, 3.63) is 11.5 Å². The van der Waals surface area contributed by atoms with E-state index in [2.05, 4.69) is 28.2 Å². The van der Waals surface area contributed by atoms with E-state index in [1.54, 1.807) is 0 Å². The SMILES string of the molecule is CCn1nc(C)c2nc(CCCl)n(C(C)C3CCC3)c21. The van der Waals surface area contributed by atoms with Gasteiger partial charge in [-0.1, -0.05) is 6.42 Å². The molecular weight excluding hydrogens is 272 g/mol. The first-order valence-electron chi connectivity index (χ1n) is 7.67. The molecule has 5 heteroatoms. The summed E-state index contributed by atoms with van der Waals surface area (Å²) < 4.78 is 4.50. The molecule has 1 fully saturated rings. The fraction of sp³-hybridized carbons (Fsp3) is 0.733. The van der Waals surface area contributed by atoms with Gasteiger partial charge in [-0.2, -0.15) is 5.10 Å². The van der Waals surface area contributed by atoms with E-state index in [0.29, 0.717) is 11.9 Å². The van der Waals surface area contributed by atoms with Crippen LogP contribution >= 0.6 is 11.6 Å². The number of hydrogen-bond acceptors (Lipinski definition) is 2. The smallest absolute Gasteiger partial charge is 0.159 e. The van der Waals surface area contributed by atoms with Crippen LogP contribution in [0.2, 0.25) is 0 Å². The van der Waals surface area contributed by atoms with Gasteiger partial charge in [-0.05, 0) is 39.5 Å². The lowest BCUT2D eigenvalue weighted by atomic mass is 9.80. The van der Waals surface area contributed by atoms with E-state index in [1.807, 2.05) is 6.92 Å². The normalized spacial score (nSPS) is 17.6. The van der Waals surface area contributed by atoms with Crippen molar-refractivity contribution in [3.8, 4) is 0 Å². The van der Waals surface area contributed by atoms with Gasteiger partial charge in [0.1, 0.15) is 11.3 Å². The molecule has 1 aliphatic rings. The lowest BCUT2D eigenvalue weighted by molar-refractivity contribution is 0.221. The van der Waals surface area contributed by atoms with E-state index in [0.717, 1.165) is 35.9 Å². The first-order valence-corrected chi connectivity index (χ1v) is 8.21. The van der Waals surface area contributed by atoms with E-state index in [1.165, 1.54) is 24.9 Å². The minimum atomic E-state index is 0.494. The Morgan fingerprint density at radius 1 is 1.40 bits per heavy atom. The van der Waals surface area contributed by atoms with Gasteiger partial charge in [0.25, 0.3) is 0 Å². The first-order chi connectivity index (χ1) is 9.67. The second-order valence-corrected chi connectivity index (χ2v) is 6.22. The van der Waals surface area contributed by atoms with Gasteiger partial charge in [0.05, 0.1) is 5.69 Å². The molecule has 2 heterocycles. The largest absolute Gasteiger partial charge is 0.310 e. The van der Waals surface area contributed by atoms with E-state index in [4.69, 9.17) is 16.6 Å². The molecule has 4 nitrogen and oxygen atoms in total. The maximum absolute atomic E-state index is 5.97. The van der Waals surface area contributed by atoms with Crippen LogP contribution in [0.4, 0.5) is 0 Å². The molecule has 0 spiro atoms. The van der Waals surface area contributed by atoms with Crippen LogP contribution in [-0.4, -0.2) is 25.2 Å². The van der Waals surface area contributed by atoms with Crippen LogP contribution < -0.4 is 0 Å². The van der Waals surface area contributed by atoms with Gasteiger partial charge in [0.15, 0.2) is 5.65 Å². The molecular formula is C15H23ClN4. The van der Waals surface area contributed by atoms with Gasteiger partial charge in [-0.15, -0.1) is 11.6 Å². The zero-order valence-electron chi connectivity index (χ0n) is 12.6. The second-order valence-electron chi connectivity index (χ2n) is 5.84. The first kappa shape index (κ1) is 13.9. The number of halogens is 1. The van der Waals surface area contributed by atoms with Crippen LogP contribution in [0.3, 0.4) is 0 Å². The molecule has 0 N–H and O–H groups in total. The molecule has 110 valence electrons. The number of alkyl halides is 1. The van der Waals surface area contributed by atoms with Crippen LogP contribution in [0.5, 0.6) is 0 Å². The molecule has 0 aliphatic heterocycles. The molecule has 0 amide bonds. The summed E-state index contributed by atoms with van der Waals surface area (Å²) in [4.78, 5) is 4.83. The molecule has 2 aromatic rings. The zero-order chi connectivity index (χ0) is 14.3. The zero-order valence-corrected chi connectivity index (χ0v) is 13.3. The van der Waals surface area contributed by atoms with Crippen molar-refractivity contribution < 1.29 is 0 Å². The monoisotopic (exact) mass is 294 g/mol. The van der Waals surface area contributed by atoms with Crippen molar-refractivity contribution in [2.75, 3.05) is 5.88 Å². The lowest BCUT2D eigenvalue weighted by Crippen LogP contribution is -2.25. The van der Waals surface area contributed by atoms with Crippen molar-refractivity contribution in [2.24, 2.45) is 5.92 Å². The Kier molecular flexibility index (Phi) is 3.76. The molecule has 0 bridgehead atoms. The maximum atomic E-state index is 5.97. The Morgan fingerprint density at radius 3 is 2.70 bits per heavy atom. The quantitative estimate of drug-likeness (QED) is 0.788. The Morgan fingerprint density at radius 2 is 2.15 bits per heavy atom. The molecule has 1 saturated carbocycles. The molecule has 0 aromatic carbocycles. The predicted molar refractivity (Wildman–Crippen MR) is 82.4 cm³/mol. The summed E-state index contributed by atoms with van der Waals surface area (Å²) in [7, 11) is 0. The number of fused-ring (bicyclic) bond motifs is 1. The Balaban J connectivity index is 2.15. The van der Waals surface area contributed by atoms with Gasteiger partial charge in [-0.3, -0.25) is 0 Å². The van der Waals surface area contributed by atoms with Crippen LogP contribution in [0.15, 0.2) is 0 Å². The number of aromatic nitrogens is 4. The van der Waals surface area contributed by atoms with Crippen molar-refractivity contribution >= 4 is 22.8 Å². The fourth-order valence-corrected chi connectivity index (χ4v) is 3.45.